The van der Waals surface area contributed by atoms with Crippen LogP contribution in [0.4, 0.5) is 0 Å². The molecule has 3 rings (SSSR count). The summed E-state index contributed by atoms with van der Waals surface area (Å²) in [5, 5.41) is 12.0. The fourth-order valence-corrected chi connectivity index (χ4v) is 3.70. The Bertz CT molecular complexity index is 563. The Morgan fingerprint density at radius 2 is 1.96 bits per heavy atom. The van der Waals surface area contributed by atoms with E-state index in [9.17, 15) is 9.59 Å². The van der Waals surface area contributed by atoms with Gasteiger partial charge in [-0.25, -0.2) is 5.48 Å². The molecule has 0 unspecified atom stereocenters. The van der Waals surface area contributed by atoms with Crippen molar-refractivity contribution in [1.29, 1.82) is 0 Å². The Morgan fingerprint density at radius 3 is 2.70 bits per heavy atom. The van der Waals surface area contributed by atoms with Crippen molar-refractivity contribution in [2.45, 2.75) is 18.8 Å². The van der Waals surface area contributed by atoms with Gasteiger partial charge in [0.25, 0.3) is 0 Å². The number of hydrogen-bond acceptors (Lipinski definition) is 4. The van der Waals surface area contributed by atoms with Crippen LogP contribution in [0.3, 0.4) is 0 Å². The Kier molecular flexibility index (Phi) is 4.93. The summed E-state index contributed by atoms with van der Waals surface area (Å²) in [4.78, 5) is 26.5. The molecular formula is C17H23N3O3. The van der Waals surface area contributed by atoms with Crippen LogP contribution in [0.15, 0.2) is 30.3 Å². The Labute approximate surface area is 135 Å². The summed E-state index contributed by atoms with van der Waals surface area (Å²) >= 11 is 0. The molecule has 2 aliphatic heterocycles. The van der Waals surface area contributed by atoms with Gasteiger partial charge < -0.3 is 10.2 Å². The third kappa shape index (κ3) is 3.38. The van der Waals surface area contributed by atoms with Crippen LogP contribution < -0.4 is 10.8 Å². The van der Waals surface area contributed by atoms with Crippen molar-refractivity contribution >= 4 is 11.8 Å². The molecule has 2 heterocycles. The molecule has 1 aromatic rings. The fraction of sp³-hybridized carbons (Fsp3) is 0.529. The van der Waals surface area contributed by atoms with Crippen LogP contribution in [0, 0.1) is 11.8 Å². The van der Waals surface area contributed by atoms with Gasteiger partial charge in [0, 0.05) is 25.6 Å². The van der Waals surface area contributed by atoms with Gasteiger partial charge in [-0.2, -0.15) is 0 Å². The molecule has 124 valence electrons. The molecule has 0 aliphatic carbocycles. The molecule has 0 radical (unpaired) electrons. The standard InChI is InChI=1S/C17H23N3O3/c21-16(19-23)15-10-18-8-6-14(15)17(22)20-9-7-13(11-20)12-4-2-1-3-5-12/h1-5,13-15,18,23H,6-11H2,(H,19,21)/t13-,14-,15-/m0/s1. The second-order valence-electron chi connectivity index (χ2n) is 6.36. The lowest BCUT2D eigenvalue weighted by molar-refractivity contribution is -0.145. The number of hydroxylamine groups is 1. The summed E-state index contributed by atoms with van der Waals surface area (Å²) in [6.07, 6.45) is 1.58. The van der Waals surface area contributed by atoms with Crippen molar-refractivity contribution in [3.63, 3.8) is 0 Å². The smallest absolute Gasteiger partial charge is 0.248 e. The molecule has 0 saturated carbocycles. The van der Waals surface area contributed by atoms with E-state index in [-0.39, 0.29) is 11.8 Å². The molecule has 2 aliphatic rings. The molecule has 2 saturated heterocycles. The number of benzene rings is 1. The molecule has 0 spiro atoms. The first-order valence-electron chi connectivity index (χ1n) is 8.19. The largest absolute Gasteiger partial charge is 0.342 e. The minimum absolute atomic E-state index is 0.0403. The van der Waals surface area contributed by atoms with E-state index in [2.05, 4.69) is 17.4 Å². The van der Waals surface area contributed by atoms with Gasteiger partial charge in [0.15, 0.2) is 0 Å². The Balaban J connectivity index is 1.67. The van der Waals surface area contributed by atoms with Gasteiger partial charge in [-0.15, -0.1) is 0 Å². The molecule has 0 bridgehead atoms. The first kappa shape index (κ1) is 16.0. The van der Waals surface area contributed by atoms with E-state index in [4.69, 9.17) is 5.21 Å². The zero-order valence-corrected chi connectivity index (χ0v) is 13.1. The lowest BCUT2D eigenvalue weighted by Gasteiger charge is -2.32. The quantitative estimate of drug-likeness (QED) is 0.567. The zero-order chi connectivity index (χ0) is 16.2. The van der Waals surface area contributed by atoms with Crippen LogP contribution >= 0.6 is 0 Å². The van der Waals surface area contributed by atoms with Gasteiger partial charge in [0.05, 0.1) is 11.8 Å². The number of nitrogens with zero attached hydrogens (tertiary/aromatic N) is 1. The number of nitrogens with one attached hydrogen (secondary N) is 2. The SMILES string of the molecule is O=C(NO)[C@H]1CNCC[C@@H]1C(=O)N1CC[C@H](c2ccccc2)C1. The van der Waals surface area contributed by atoms with Crippen molar-refractivity contribution in [1.82, 2.24) is 15.7 Å². The number of hydrogen-bond donors (Lipinski definition) is 3. The van der Waals surface area contributed by atoms with Gasteiger partial charge in [-0.05, 0) is 24.9 Å². The van der Waals surface area contributed by atoms with Crippen LogP contribution in [-0.4, -0.2) is 48.1 Å². The number of rotatable bonds is 3. The highest BCUT2D eigenvalue weighted by Gasteiger charge is 2.39. The van der Waals surface area contributed by atoms with Crippen LogP contribution in [0.25, 0.3) is 0 Å². The third-order valence-corrected chi connectivity index (χ3v) is 5.02. The summed E-state index contributed by atoms with van der Waals surface area (Å²) in [7, 11) is 0. The fourth-order valence-electron chi connectivity index (χ4n) is 3.70. The molecule has 2 amide bonds. The highest BCUT2D eigenvalue weighted by Crippen LogP contribution is 2.30. The Hall–Kier alpha value is -1.92. The molecule has 6 nitrogen and oxygen atoms in total. The van der Waals surface area contributed by atoms with E-state index in [1.165, 1.54) is 5.56 Å². The van der Waals surface area contributed by atoms with E-state index in [0.29, 0.717) is 25.4 Å². The van der Waals surface area contributed by atoms with E-state index in [1.807, 2.05) is 23.1 Å². The van der Waals surface area contributed by atoms with Crippen molar-refractivity contribution in [3.8, 4) is 0 Å². The van der Waals surface area contributed by atoms with Gasteiger partial charge in [0.2, 0.25) is 11.8 Å². The van der Waals surface area contributed by atoms with Crippen molar-refractivity contribution in [2.75, 3.05) is 26.2 Å². The van der Waals surface area contributed by atoms with Crippen molar-refractivity contribution < 1.29 is 14.8 Å². The van der Waals surface area contributed by atoms with Crippen molar-refractivity contribution in [2.24, 2.45) is 11.8 Å². The summed E-state index contributed by atoms with van der Waals surface area (Å²) in [6.45, 7) is 2.59. The van der Waals surface area contributed by atoms with E-state index in [1.54, 1.807) is 5.48 Å². The highest BCUT2D eigenvalue weighted by molar-refractivity contribution is 5.87. The number of piperidine rings is 1. The monoisotopic (exact) mass is 317 g/mol. The molecule has 6 heteroatoms. The predicted molar refractivity (Wildman–Crippen MR) is 84.8 cm³/mol. The van der Waals surface area contributed by atoms with Crippen molar-refractivity contribution in [3.05, 3.63) is 35.9 Å². The first-order valence-corrected chi connectivity index (χ1v) is 8.19. The first-order chi connectivity index (χ1) is 11.2. The molecule has 0 aromatic heterocycles. The number of likely N-dealkylation sites (tertiary alicyclic amines) is 1. The topological polar surface area (TPSA) is 81.7 Å². The second kappa shape index (κ2) is 7.10. The average molecular weight is 317 g/mol. The van der Waals surface area contributed by atoms with E-state index < -0.39 is 11.8 Å². The highest BCUT2D eigenvalue weighted by atomic mass is 16.5. The minimum Gasteiger partial charge on any atom is -0.342 e. The number of carbonyl (C=O) groups excluding carboxylic acids is 2. The van der Waals surface area contributed by atoms with Gasteiger partial charge in [-0.1, -0.05) is 30.3 Å². The summed E-state index contributed by atoms with van der Waals surface area (Å²) in [5.74, 6) is -0.921. The number of amides is 2. The predicted octanol–water partition coefficient (Wildman–Crippen LogP) is 0.734. The second-order valence-corrected chi connectivity index (χ2v) is 6.36. The molecule has 3 atom stereocenters. The molecule has 2 fully saturated rings. The van der Waals surface area contributed by atoms with Gasteiger partial charge in [-0.3, -0.25) is 14.8 Å². The lowest BCUT2D eigenvalue weighted by atomic mass is 9.84. The Morgan fingerprint density at radius 1 is 1.17 bits per heavy atom. The van der Waals surface area contributed by atoms with Crippen LogP contribution in [-0.2, 0) is 9.59 Å². The van der Waals surface area contributed by atoms with E-state index in [0.717, 1.165) is 19.5 Å². The summed E-state index contributed by atoms with van der Waals surface area (Å²) in [6, 6.07) is 10.2. The maximum absolute atomic E-state index is 12.8. The zero-order valence-electron chi connectivity index (χ0n) is 13.1. The molecule has 23 heavy (non-hydrogen) atoms. The summed E-state index contributed by atoms with van der Waals surface area (Å²) < 4.78 is 0. The van der Waals surface area contributed by atoms with Crippen LogP contribution in [0.2, 0.25) is 0 Å². The lowest BCUT2D eigenvalue weighted by Crippen LogP contribution is -2.50. The average Bonchev–Trinajstić information content (AvgIpc) is 3.11. The minimum atomic E-state index is -0.503. The summed E-state index contributed by atoms with van der Waals surface area (Å²) in [5.41, 5.74) is 2.96. The van der Waals surface area contributed by atoms with Crippen LogP contribution in [0.5, 0.6) is 0 Å². The van der Waals surface area contributed by atoms with Gasteiger partial charge in [0.1, 0.15) is 0 Å². The van der Waals surface area contributed by atoms with Gasteiger partial charge >= 0.3 is 0 Å². The maximum Gasteiger partial charge on any atom is 0.248 e. The molecule has 3 N–H and O–H groups in total. The number of carbonyl (C=O) groups is 2. The third-order valence-electron chi connectivity index (χ3n) is 5.02. The maximum atomic E-state index is 12.8. The van der Waals surface area contributed by atoms with E-state index >= 15 is 0 Å². The molecular weight excluding hydrogens is 294 g/mol. The normalized spacial score (nSPS) is 27.7. The van der Waals surface area contributed by atoms with Crippen LogP contribution in [0.1, 0.15) is 24.3 Å². The molecule has 1 aromatic carbocycles.